The number of likely N-dealkylation sites (tertiary alicyclic amines) is 1. The van der Waals surface area contributed by atoms with Gasteiger partial charge in [-0.15, -0.1) is 6.58 Å². The summed E-state index contributed by atoms with van der Waals surface area (Å²) in [5.41, 5.74) is 7.62. The molecule has 0 radical (unpaired) electrons. The van der Waals surface area contributed by atoms with Gasteiger partial charge in [-0.25, -0.2) is 4.39 Å². The second kappa shape index (κ2) is 15.6. The topological polar surface area (TPSA) is 69.5 Å². The van der Waals surface area contributed by atoms with Crippen LogP contribution in [0.15, 0.2) is 122 Å². The molecule has 2 saturated heterocycles. The lowest BCUT2D eigenvalue weighted by Crippen LogP contribution is -2.47. The van der Waals surface area contributed by atoms with E-state index < -0.39 is 0 Å². The molecule has 6 nitrogen and oxygen atoms in total. The van der Waals surface area contributed by atoms with E-state index in [0.717, 1.165) is 63.2 Å². The molecule has 0 bridgehead atoms. The third kappa shape index (κ3) is 7.94. The number of benzene rings is 3. The number of rotatable bonds is 12. The van der Waals surface area contributed by atoms with Crippen molar-refractivity contribution in [3.63, 3.8) is 0 Å². The Morgan fingerprint density at radius 3 is 2.31 bits per heavy atom. The molecule has 3 aliphatic rings. The van der Waals surface area contributed by atoms with E-state index in [-0.39, 0.29) is 11.5 Å². The van der Waals surface area contributed by atoms with Gasteiger partial charge < -0.3 is 25.4 Å². The summed E-state index contributed by atoms with van der Waals surface area (Å²) in [5, 5.41) is 20.2. The fourth-order valence-electron chi connectivity index (χ4n) is 7.61. The molecule has 0 saturated carbocycles. The first-order valence-corrected chi connectivity index (χ1v) is 17.6. The fourth-order valence-corrected chi connectivity index (χ4v) is 7.61. The molecule has 254 valence electrons. The Morgan fingerprint density at radius 2 is 1.65 bits per heavy atom. The first-order valence-electron chi connectivity index (χ1n) is 17.6. The molecule has 3 aromatic carbocycles. The Balaban J connectivity index is 0.999. The Labute approximate surface area is 291 Å². The minimum Gasteiger partial charge on any atom is -0.391 e. The van der Waals surface area contributed by atoms with Crippen LogP contribution in [-0.2, 0) is 0 Å². The minimum atomic E-state index is -0.373. The minimum absolute atomic E-state index is 0.177. The molecule has 1 unspecified atom stereocenters. The van der Waals surface area contributed by atoms with Crippen molar-refractivity contribution in [2.24, 2.45) is 0 Å². The lowest BCUT2D eigenvalue weighted by atomic mass is 9.87. The summed E-state index contributed by atoms with van der Waals surface area (Å²) in [4.78, 5) is 7.21. The number of halogens is 1. The van der Waals surface area contributed by atoms with Gasteiger partial charge in [0.2, 0.25) is 0 Å². The summed E-state index contributed by atoms with van der Waals surface area (Å²) >= 11 is 0. The number of likely N-dealkylation sites (N-methyl/N-ethyl adjacent to an activating group) is 1. The zero-order chi connectivity index (χ0) is 34.3. The average Bonchev–Trinajstić information content (AvgIpc) is 3.51. The molecule has 0 amide bonds. The van der Waals surface area contributed by atoms with Gasteiger partial charge in [0.1, 0.15) is 5.82 Å². The number of hydrogen-bond donors (Lipinski definition) is 3. The van der Waals surface area contributed by atoms with Gasteiger partial charge in [-0.2, -0.15) is 0 Å². The van der Waals surface area contributed by atoms with Crippen molar-refractivity contribution in [1.29, 1.82) is 10.8 Å². The number of hydrogen-bond acceptors (Lipinski definition) is 6. The molecule has 6 rings (SSSR count). The standard InChI is InChI=1S/C42H49FN6/c1-4-5-9-39(30(2)46-3)33-12-14-36(15-13-33)48-25-20-37(21-26-48)47-23-18-32(19-24-47)31-10-16-38(17-11-31)49-27-22-40(44)42(49)29-41(45)34-7-6-8-35(43)28-34/h4,6-8,10-17,22,27-29,32,37,39,44-46H,1-2,5,9,18-21,23-26H2,3H3/b42-29+,44-40?,45-41?. The highest BCUT2D eigenvalue weighted by molar-refractivity contribution is 6.18. The van der Waals surface area contributed by atoms with Gasteiger partial charge in [0, 0.05) is 60.9 Å². The number of piperidine rings is 2. The fraction of sp³-hybridized carbons (Fsp3) is 0.333. The van der Waals surface area contributed by atoms with Crippen LogP contribution in [0.3, 0.4) is 0 Å². The number of anilines is 2. The maximum atomic E-state index is 13.7. The first-order chi connectivity index (χ1) is 23.8. The van der Waals surface area contributed by atoms with E-state index in [1.165, 1.54) is 41.8 Å². The van der Waals surface area contributed by atoms with Gasteiger partial charge >= 0.3 is 0 Å². The molecule has 3 aromatic rings. The van der Waals surface area contributed by atoms with Gasteiger partial charge in [0.15, 0.2) is 0 Å². The Kier molecular flexibility index (Phi) is 10.9. The molecule has 0 aromatic heterocycles. The first kappa shape index (κ1) is 34.1. The van der Waals surface area contributed by atoms with Gasteiger partial charge in [-0.3, -0.25) is 5.41 Å². The van der Waals surface area contributed by atoms with Crippen LogP contribution in [0.4, 0.5) is 15.8 Å². The van der Waals surface area contributed by atoms with Crippen LogP contribution in [0.1, 0.15) is 67.1 Å². The summed E-state index contributed by atoms with van der Waals surface area (Å²) in [5.74, 6) is 0.469. The highest BCUT2D eigenvalue weighted by Crippen LogP contribution is 2.34. The zero-order valence-corrected chi connectivity index (χ0v) is 28.7. The summed E-state index contributed by atoms with van der Waals surface area (Å²) in [6.45, 7) is 12.6. The predicted molar refractivity (Wildman–Crippen MR) is 203 cm³/mol. The van der Waals surface area contributed by atoms with E-state index >= 15 is 0 Å². The van der Waals surface area contributed by atoms with Gasteiger partial charge in [-0.1, -0.05) is 49.1 Å². The van der Waals surface area contributed by atoms with Crippen LogP contribution >= 0.6 is 0 Å². The van der Waals surface area contributed by atoms with E-state index in [2.05, 4.69) is 76.8 Å². The molecule has 2 fully saturated rings. The molecular weight excluding hydrogens is 608 g/mol. The van der Waals surface area contributed by atoms with E-state index in [4.69, 9.17) is 10.8 Å². The van der Waals surface area contributed by atoms with Gasteiger partial charge in [-0.05, 0) is 117 Å². The second-order valence-corrected chi connectivity index (χ2v) is 13.5. The molecule has 3 heterocycles. The highest BCUT2D eigenvalue weighted by Gasteiger charge is 2.29. The summed E-state index contributed by atoms with van der Waals surface area (Å²) < 4.78 is 13.7. The predicted octanol–water partition coefficient (Wildman–Crippen LogP) is 8.76. The van der Waals surface area contributed by atoms with Crippen LogP contribution in [0.5, 0.6) is 0 Å². The van der Waals surface area contributed by atoms with Gasteiger partial charge in [0.05, 0.1) is 17.1 Å². The molecule has 7 heteroatoms. The lowest BCUT2D eigenvalue weighted by molar-refractivity contribution is 0.132. The van der Waals surface area contributed by atoms with Gasteiger partial charge in [0.25, 0.3) is 0 Å². The summed E-state index contributed by atoms with van der Waals surface area (Å²) in [7, 11) is 1.95. The summed E-state index contributed by atoms with van der Waals surface area (Å²) in [6, 6.07) is 24.5. The van der Waals surface area contributed by atoms with E-state index in [0.29, 0.717) is 34.8 Å². The molecule has 3 N–H and O–H groups in total. The van der Waals surface area contributed by atoms with Crippen LogP contribution in [0, 0.1) is 16.6 Å². The molecule has 49 heavy (non-hydrogen) atoms. The van der Waals surface area contributed by atoms with E-state index in [9.17, 15) is 4.39 Å². The zero-order valence-electron chi connectivity index (χ0n) is 28.7. The van der Waals surface area contributed by atoms with Crippen molar-refractivity contribution < 1.29 is 4.39 Å². The largest absolute Gasteiger partial charge is 0.391 e. The monoisotopic (exact) mass is 656 g/mol. The van der Waals surface area contributed by atoms with E-state index in [1.807, 2.05) is 24.2 Å². The van der Waals surface area contributed by atoms with Crippen LogP contribution < -0.4 is 15.1 Å². The van der Waals surface area contributed by atoms with Crippen LogP contribution in [0.25, 0.3) is 0 Å². The van der Waals surface area contributed by atoms with Crippen molar-refractivity contribution in [1.82, 2.24) is 10.2 Å². The normalized spacial score (nSPS) is 19.0. The Morgan fingerprint density at radius 1 is 0.959 bits per heavy atom. The van der Waals surface area contributed by atoms with E-state index in [1.54, 1.807) is 24.3 Å². The van der Waals surface area contributed by atoms with Crippen molar-refractivity contribution in [2.75, 3.05) is 43.0 Å². The van der Waals surface area contributed by atoms with Crippen LogP contribution in [0.2, 0.25) is 0 Å². The second-order valence-electron chi connectivity index (χ2n) is 13.5. The third-order valence-electron chi connectivity index (χ3n) is 10.6. The van der Waals surface area contributed by atoms with Crippen molar-refractivity contribution in [3.8, 4) is 0 Å². The van der Waals surface area contributed by atoms with Crippen molar-refractivity contribution in [2.45, 2.75) is 56.4 Å². The lowest BCUT2D eigenvalue weighted by Gasteiger charge is -2.42. The molecule has 3 aliphatic heterocycles. The number of nitrogens with zero attached hydrogens (tertiary/aromatic N) is 3. The molecular formula is C42H49FN6. The number of nitrogens with one attached hydrogen (secondary N) is 3. The highest BCUT2D eigenvalue weighted by atomic mass is 19.1. The molecule has 1 atom stereocenters. The maximum absolute atomic E-state index is 13.7. The Bertz CT molecular complexity index is 1710. The Hall–Kier alpha value is -4.75. The number of allylic oxidation sites excluding steroid dienone is 4. The SMILES string of the molecule is C=CCCC(C(=C)NC)c1ccc(N2CCC(N3CCC(c4ccc(N5C=CC(=N)/C5=C\C(=N)c5cccc(F)c5)cc4)CC3)CC2)cc1. The maximum Gasteiger partial charge on any atom is 0.123 e. The van der Waals surface area contributed by atoms with Crippen LogP contribution in [-0.4, -0.2) is 55.6 Å². The van der Waals surface area contributed by atoms with Crippen molar-refractivity contribution >= 4 is 22.8 Å². The van der Waals surface area contributed by atoms with Crippen molar-refractivity contribution in [3.05, 3.63) is 144 Å². The average molecular weight is 657 g/mol. The quantitative estimate of drug-likeness (QED) is 0.135. The smallest absolute Gasteiger partial charge is 0.123 e. The third-order valence-corrected chi connectivity index (χ3v) is 10.6. The summed E-state index contributed by atoms with van der Waals surface area (Å²) in [6.07, 6.45) is 13.9. The molecule has 0 aliphatic carbocycles. The molecule has 0 spiro atoms.